The van der Waals surface area contributed by atoms with Crippen LogP contribution < -0.4 is 4.74 Å². The van der Waals surface area contributed by atoms with E-state index in [0.717, 1.165) is 24.9 Å². The summed E-state index contributed by atoms with van der Waals surface area (Å²) in [5.74, 6) is -0.0494. The standard InChI is InChI=1S/C20H22FNO3/c1-25-19-9-8-16(21)11-17(19)20(24)15-6-4-10-22(13-15)12-14-5-2-3-7-18(14)23/h2-3,5,7-9,11,15,23H,4,6,10,12-13H2,1H3. The Hall–Kier alpha value is -2.40. The number of Topliss-reactive ketones (excluding diaryl/α,β-unsaturated/α-hetero) is 1. The lowest BCUT2D eigenvalue weighted by Crippen LogP contribution is -2.38. The van der Waals surface area contributed by atoms with Gasteiger partial charge in [0.05, 0.1) is 12.7 Å². The van der Waals surface area contributed by atoms with Gasteiger partial charge in [0.25, 0.3) is 0 Å². The van der Waals surface area contributed by atoms with Crippen LogP contribution in [-0.4, -0.2) is 36.0 Å². The number of benzene rings is 2. The summed E-state index contributed by atoms with van der Waals surface area (Å²) in [6.07, 6.45) is 1.66. The number of ketones is 1. The van der Waals surface area contributed by atoms with Crippen LogP contribution in [0.3, 0.4) is 0 Å². The third-order valence-electron chi connectivity index (χ3n) is 4.69. The second-order valence-corrected chi connectivity index (χ2v) is 6.41. The maximum atomic E-state index is 13.6. The Morgan fingerprint density at radius 2 is 2.12 bits per heavy atom. The Balaban J connectivity index is 1.74. The van der Waals surface area contributed by atoms with Gasteiger partial charge in [-0.15, -0.1) is 0 Å². The van der Waals surface area contributed by atoms with Crippen molar-refractivity contribution in [2.24, 2.45) is 5.92 Å². The first-order chi connectivity index (χ1) is 12.1. The summed E-state index contributed by atoms with van der Waals surface area (Å²) in [5, 5.41) is 9.94. The topological polar surface area (TPSA) is 49.8 Å². The zero-order chi connectivity index (χ0) is 17.8. The maximum Gasteiger partial charge on any atom is 0.171 e. The summed E-state index contributed by atoms with van der Waals surface area (Å²) in [4.78, 5) is 15.0. The number of methoxy groups -OCH3 is 1. The molecule has 0 spiro atoms. The Kier molecular flexibility index (Phi) is 5.34. The van der Waals surface area contributed by atoms with Crippen molar-refractivity contribution in [3.8, 4) is 11.5 Å². The van der Waals surface area contributed by atoms with Crippen molar-refractivity contribution in [2.45, 2.75) is 19.4 Å². The Labute approximate surface area is 146 Å². The molecule has 2 aromatic rings. The molecule has 0 amide bonds. The number of halogens is 1. The number of ether oxygens (including phenoxy) is 1. The minimum Gasteiger partial charge on any atom is -0.508 e. The van der Waals surface area contributed by atoms with E-state index >= 15 is 0 Å². The van der Waals surface area contributed by atoms with Crippen LogP contribution in [-0.2, 0) is 6.54 Å². The van der Waals surface area contributed by atoms with Gasteiger partial charge < -0.3 is 9.84 Å². The van der Waals surface area contributed by atoms with Gasteiger partial charge in [0, 0.05) is 24.6 Å². The fraction of sp³-hybridized carbons (Fsp3) is 0.350. The molecule has 1 saturated heterocycles. The fourth-order valence-electron chi connectivity index (χ4n) is 3.39. The number of piperidine rings is 1. The summed E-state index contributed by atoms with van der Waals surface area (Å²) in [6, 6.07) is 11.3. The van der Waals surface area contributed by atoms with Crippen molar-refractivity contribution < 1.29 is 19.0 Å². The molecule has 1 N–H and O–H groups in total. The number of rotatable bonds is 5. The van der Waals surface area contributed by atoms with Crippen LogP contribution in [0.2, 0.25) is 0 Å². The summed E-state index contributed by atoms with van der Waals surface area (Å²) in [7, 11) is 1.48. The lowest BCUT2D eigenvalue weighted by atomic mass is 9.89. The highest BCUT2D eigenvalue weighted by atomic mass is 19.1. The number of nitrogens with zero attached hydrogens (tertiary/aromatic N) is 1. The largest absolute Gasteiger partial charge is 0.508 e. The predicted octanol–water partition coefficient (Wildman–Crippen LogP) is 3.63. The molecule has 1 aliphatic rings. The molecule has 0 saturated carbocycles. The predicted molar refractivity (Wildman–Crippen MR) is 93.4 cm³/mol. The molecule has 5 heteroatoms. The number of carbonyl (C=O) groups is 1. The number of likely N-dealkylation sites (tertiary alicyclic amines) is 1. The van der Waals surface area contributed by atoms with Crippen LogP contribution in [0.15, 0.2) is 42.5 Å². The molecule has 1 heterocycles. The molecule has 2 aromatic carbocycles. The van der Waals surface area contributed by atoms with E-state index in [1.807, 2.05) is 12.1 Å². The van der Waals surface area contributed by atoms with Crippen molar-refractivity contribution in [2.75, 3.05) is 20.2 Å². The summed E-state index contributed by atoms with van der Waals surface area (Å²) < 4.78 is 18.8. The molecule has 132 valence electrons. The number of carbonyl (C=O) groups excluding carboxylic acids is 1. The highest BCUT2D eigenvalue weighted by Crippen LogP contribution is 2.28. The fourth-order valence-corrected chi connectivity index (χ4v) is 3.39. The number of para-hydroxylation sites is 1. The van der Waals surface area contributed by atoms with Gasteiger partial charge in [0.2, 0.25) is 0 Å². The zero-order valence-corrected chi connectivity index (χ0v) is 14.2. The average molecular weight is 343 g/mol. The van der Waals surface area contributed by atoms with Crippen molar-refractivity contribution >= 4 is 5.78 Å². The minimum absolute atomic E-state index is 0.0849. The third-order valence-corrected chi connectivity index (χ3v) is 4.69. The lowest BCUT2D eigenvalue weighted by molar-refractivity contribution is 0.0807. The normalized spacial score (nSPS) is 18.1. The number of hydrogen-bond donors (Lipinski definition) is 1. The van der Waals surface area contributed by atoms with Gasteiger partial charge in [-0.25, -0.2) is 4.39 Å². The first kappa shape index (κ1) is 17.4. The number of phenols is 1. The second kappa shape index (κ2) is 7.66. The van der Waals surface area contributed by atoms with E-state index in [1.54, 1.807) is 12.1 Å². The van der Waals surface area contributed by atoms with Gasteiger partial charge in [0.15, 0.2) is 5.78 Å². The quantitative estimate of drug-likeness (QED) is 0.842. The van der Waals surface area contributed by atoms with E-state index in [9.17, 15) is 14.3 Å². The lowest BCUT2D eigenvalue weighted by Gasteiger charge is -2.32. The first-order valence-electron chi connectivity index (χ1n) is 8.45. The molecule has 25 heavy (non-hydrogen) atoms. The van der Waals surface area contributed by atoms with E-state index in [4.69, 9.17) is 4.74 Å². The van der Waals surface area contributed by atoms with Crippen LogP contribution in [0.5, 0.6) is 11.5 Å². The van der Waals surface area contributed by atoms with E-state index in [1.165, 1.54) is 25.3 Å². The molecule has 0 aromatic heterocycles. The van der Waals surface area contributed by atoms with Gasteiger partial charge in [-0.05, 0) is 43.7 Å². The van der Waals surface area contributed by atoms with Gasteiger partial charge in [-0.2, -0.15) is 0 Å². The maximum absolute atomic E-state index is 13.6. The number of phenolic OH excluding ortho intramolecular Hbond substituents is 1. The Morgan fingerprint density at radius 1 is 1.32 bits per heavy atom. The highest BCUT2D eigenvalue weighted by Gasteiger charge is 2.28. The molecule has 1 atom stereocenters. The summed E-state index contributed by atoms with van der Waals surface area (Å²) in [5.41, 5.74) is 1.15. The molecule has 1 aliphatic heterocycles. The number of aromatic hydroxyl groups is 1. The van der Waals surface area contributed by atoms with E-state index in [-0.39, 0.29) is 17.5 Å². The highest BCUT2D eigenvalue weighted by molar-refractivity contribution is 6.00. The molecule has 0 aliphatic carbocycles. The number of hydrogen-bond acceptors (Lipinski definition) is 4. The molecular formula is C20H22FNO3. The molecule has 4 nitrogen and oxygen atoms in total. The monoisotopic (exact) mass is 343 g/mol. The smallest absolute Gasteiger partial charge is 0.171 e. The van der Waals surface area contributed by atoms with Crippen LogP contribution in [0.25, 0.3) is 0 Å². The molecule has 0 radical (unpaired) electrons. The van der Waals surface area contributed by atoms with Crippen molar-refractivity contribution in [1.82, 2.24) is 4.90 Å². The Bertz CT molecular complexity index is 762. The second-order valence-electron chi connectivity index (χ2n) is 6.41. The van der Waals surface area contributed by atoms with Crippen molar-refractivity contribution in [3.63, 3.8) is 0 Å². The van der Waals surface area contributed by atoms with Gasteiger partial charge in [-0.3, -0.25) is 9.69 Å². The Morgan fingerprint density at radius 3 is 2.88 bits per heavy atom. The van der Waals surface area contributed by atoms with Gasteiger partial charge in [0.1, 0.15) is 17.3 Å². The summed E-state index contributed by atoms with van der Waals surface area (Å²) >= 11 is 0. The molecule has 1 fully saturated rings. The van der Waals surface area contributed by atoms with Gasteiger partial charge in [-0.1, -0.05) is 18.2 Å². The van der Waals surface area contributed by atoms with E-state index in [2.05, 4.69) is 4.90 Å². The van der Waals surface area contributed by atoms with Crippen LogP contribution in [0.4, 0.5) is 4.39 Å². The van der Waals surface area contributed by atoms with Crippen LogP contribution in [0, 0.1) is 11.7 Å². The molecule has 1 unspecified atom stereocenters. The van der Waals surface area contributed by atoms with Crippen LogP contribution in [0.1, 0.15) is 28.8 Å². The zero-order valence-electron chi connectivity index (χ0n) is 14.2. The SMILES string of the molecule is COc1ccc(F)cc1C(=O)C1CCCN(Cc2ccccc2O)C1. The van der Waals surface area contributed by atoms with Gasteiger partial charge >= 0.3 is 0 Å². The minimum atomic E-state index is -0.439. The average Bonchev–Trinajstić information content (AvgIpc) is 2.63. The van der Waals surface area contributed by atoms with Crippen molar-refractivity contribution in [3.05, 3.63) is 59.4 Å². The van der Waals surface area contributed by atoms with Crippen molar-refractivity contribution in [1.29, 1.82) is 0 Å². The molecule has 0 bridgehead atoms. The molecule has 3 rings (SSSR count). The van der Waals surface area contributed by atoms with E-state index < -0.39 is 5.82 Å². The van der Waals surface area contributed by atoms with Crippen LogP contribution >= 0.6 is 0 Å². The first-order valence-corrected chi connectivity index (χ1v) is 8.45. The third kappa shape index (κ3) is 3.99. The van der Waals surface area contributed by atoms with E-state index in [0.29, 0.717) is 24.4 Å². The molecular weight excluding hydrogens is 321 g/mol. The summed E-state index contributed by atoms with van der Waals surface area (Å²) in [6.45, 7) is 2.06.